The Morgan fingerprint density at radius 1 is 1.40 bits per heavy atom. The maximum atomic E-state index is 12.2. The number of alkyl halides is 3. The van der Waals surface area contributed by atoms with Crippen LogP contribution >= 0.6 is 0 Å². The smallest absolute Gasteiger partial charge is 0.390 e. The maximum Gasteiger partial charge on any atom is 0.390 e. The van der Waals surface area contributed by atoms with Gasteiger partial charge in [0.1, 0.15) is 0 Å². The zero-order chi connectivity index (χ0) is 12.3. The zero-order valence-electron chi connectivity index (χ0n) is 8.77. The van der Waals surface area contributed by atoms with E-state index in [1.54, 1.807) is 13.8 Å². The standard InChI is InChI=1S/C9H16F3NO2/c1-6(2)3-8(5-13,7(14)15)4-9(10,11)12/h6H,3-5,13H2,1-2H3,(H,14,15). The van der Waals surface area contributed by atoms with E-state index in [4.69, 9.17) is 10.8 Å². The first-order valence-corrected chi connectivity index (χ1v) is 4.63. The van der Waals surface area contributed by atoms with Crippen molar-refractivity contribution in [3.05, 3.63) is 0 Å². The van der Waals surface area contributed by atoms with E-state index in [1.807, 2.05) is 0 Å². The second kappa shape index (κ2) is 4.83. The Kier molecular flexibility index (Phi) is 4.58. The third-order valence-corrected chi connectivity index (χ3v) is 2.18. The zero-order valence-corrected chi connectivity index (χ0v) is 8.77. The SMILES string of the molecule is CC(C)CC(CN)(CC(F)(F)F)C(=O)O. The summed E-state index contributed by atoms with van der Waals surface area (Å²) < 4.78 is 36.7. The number of hydrogen-bond acceptors (Lipinski definition) is 2. The molecule has 0 fully saturated rings. The van der Waals surface area contributed by atoms with E-state index >= 15 is 0 Å². The normalized spacial score (nSPS) is 16.5. The van der Waals surface area contributed by atoms with E-state index in [1.165, 1.54) is 0 Å². The molecule has 0 bridgehead atoms. The lowest BCUT2D eigenvalue weighted by Gasteiger charge is -2.30. The molecule has 0 saturated heterocycles. The number of carboxylic acids is 1. The maximum absolute atomic E-state index is 12.2. The third kappa shape index (κ3) is 4.51. The lowest BCUT2D eigenvalue weighted by atomic mass is 9.77. The van der Waals surface area contributed by atoms with Gasteiger partial charge in [-0.05, 0) is 12.3 Å². The molecule has 0 saturated carbocycles. The second-order valence-corrected chi connectivity index (χ2v) is 4.18. The van der Waals surface area contributed by atoms with E-state index in [0.29, 0.717) is 0 Å². The van der Waals surface area contributed by atoms with Crippen molar-refractivity contribution in [2.75, 3.05) is 6.54 Å². The average Bonchev–Trinajstić information content (AvgIpc) is 1.98. The van der Waals surface area contributed by atoms with Crippen LogP contribution in [0.4, 0.5) is 13.2 Å². The van der Waals surface area contributed by atoms with Gasteiger partial charge in [0.05, 0.1) is 11.8 Å². The molecule has 0 aromatic heterocycles. The molecule has 90 valence electrons. The number of carbonyl (C=O) groups is 1. The van der Waals surface area contributed by atoms with Crippen molar-refractivity contribution >= 4 is 5.97 Å². The summed E-state index contributed by atoms with van der Waals surface area (Å²) in [5.41, 5.74) is 3.30. The van der Waals surface area contributed by atoms with Gasteiger partial charge in [0.2, 0.25) is 0 Å². The molecule has 0 radical (unpaired) electrons. The lowest BCUT2D eigenvalue weighted by Crippen LogP contribution is -2.43. The van der Waals surface area contributed by atoms with Gasteiger partial charge in [-0.2, -0.15) is 13.2 Å². The average molecular weight is 227 g/mol. The quantitative estimate of drug-likeness (QED) is 0.755. The first kappa shape index (κ1) is 14.2. The van der Waals surface area contributed by atoms with Gasteiger partial charge in [-0.1, -0.05) is 13.8 Å². The summed E-state index contributed by atoms with van der Waals surface area (Å²) in [4.78, 5) is 10.9. The number of rotatable bonds is 5. The molecule has 0 aliphatic rings. The number of aliphatic carboxylic acids is 1. The summed E-state index contributed by atoms with van der Waals surface area (Å²) in [6.45, 7) is 2.84. The Bertz CT molecular complexity index is 228. The largest absolute Gasteiger partial charge is 0.481 e. The van der Waals surface area contributed by atoms with Crippen LogP contribution < -0.4 is 5.73 Å². The number of nitrogens with two attached hydrogens (primary N) is 1. The predicted octanol–water partition coefficient (Wildman–Crippen LogP) is 2.01. The van der Waals surface area contributed by atoms with Gasteiger partial charge in [-0.3, -0.25) is 4.79 Å². The minimum absolute atomic E-state index is 0.0711. The van der Waals surface area contributed by atoms with Crippen molar-refractivity contribution in [2.45, 2.75) is 32.9 Å². The van der Waals surface area contributed by atoms with Crippen molar-refractivity contribution in [3.63, 3.8) is 0 Å². The molecular weight excluding hydrogens is 211 g/mol. The Hall–Kier alpha value is -0.780. The van der Waals surface area contributed by atoms with Crippen molar-refractivity contribution < 1.29 is 23.1 Å². The van der Waals surface area contributed by atoms with Crippen LogP contribution in [-0.2, 0) is 4.79 Å². The Morgan fingerprint density at radius 2 is 1.87 bits per heavy atom. The fourth-order valence-electron chi connectivity index (χ4n) is 1.64. The van der Waals surface area contributed by atoms with Crippen LogP contribution in [0.15, 0.2) is 0 Å². The van der Waals surface area contributed by atoms with Gasteiger partial charge in [-0.25, -0.2) is 0 Å². The molecular formula is C9H16F3NO2. The molecule has 15 heavy (non-hydrogen) atoms. The topological polar surface area (TPSA) is 63.3 Å². The van der Waals surface area contributed by atoms with Crippen LogP contribution in [0.1, 0.15) is 26.7 Å². The molecule has 0 aliphatic carbocycles. The first-order chi connectivity index (χ1) is 6.63. The van der Waals surface area contributed by atoms with Crippen molar-refractivity contribution in [1.82, 2.24) is 0 Å². The lowest BCUT2D eigenvalue weighted by molar-refractivity contribution is -0.179. The number of carboxylic acid groups (broad SMARTS) is 1. The molecule has 1 atom stereocenters. The molecule has 0 aliphatic heterocycles. The summed E-state index contributed by atoms with van der Waals surface area (Å²) in [5.74, 6) is -1.62. The molecule has 0 spiro atoms. The Morgan fingerprint density at radius 3 is 2.07 bits per heavy atom. The third-order valence-electron chi connectivity index (χ3n) is 2.18. The summed E-state index contributed by atoms with van der Waals surface area (Å²) in [5, 5.41) is 8.86. The van der Waals surface area contributed by atoms with E-state index in [2.05, 4.69) is 0 Å². The van der Waals surface area contributed by atoms with Gasteiger partial charge < -0.3 is 10.8 Å². The Labute approximate surface area is 86.5 Å². The van der Waals surface area contributed by atoms with E-state index in [9.17, 15) is 18.0 Å². The van der Waals surface area contributed by atoms with Crippen molar-refractivity contribution in [2.24, 2.45) is 17.1 Å². The Balaban J connectivity index is 4.90. The minimum Gasteiger partial charge on any atom is -0.481 e. The predicted molar refractivity (Wildman–Crippen MR) is 49.3 cm³/mol. The molecule has 0 heterocycles. The van der Waals surface area contributed by atoms with Crippen LogP contribution in [0.3, 0.4) is 0 Å². The van der Waals surface area contributed by atoms with Crippen molar-refractivity contribution in [1.29, 1.82) is 0 Å². The summed E-state index contributed by atoms with van der Waals surface area (Å²) >= 11 is 0. The fourth-order valence-corrected chi connectivity index (χ4v) is 1.64. The van der Waals surface area contributed by atoms with Crippen LogP contribution in [0, 0.1) is 11.3 Å². The van der Waals surface area contributed by atoms with Crippen LogP contribution in [0.2, 0.25) is 0 Å². The molecule has 0 amide bonds. The van der Waals surface area contributed by atoms with Gasteiger partial charge >= 0.3 is 12.1 Å². The van der Waals surface area contributed by atoms with Gasteiger partial charge in [0.25, 0.3) is 0 Å². The highest BCUT2D eigenvalue weighted by Gasteiger charge is 2.47. The van der Waals surface area contributed by atoms with Crippen LogP contribution in [0.5, 0.6) is 0 Å². The summed E-state index contributed by atoms with van der Waals surface area (Å²) in [6, 6.07) is 0. The molecule has 0 aromatic rings. The van der Waals surface area contributed by atoms with E-state index in [0.717, 1.165) is 0 Å². The molecule has 3 nitrogen and oxygen atoms in total. The fraction of sp³-hybridized carbons (Fsp3) is 0.889. The number of halogens is 3. The molecule has 6 heteroatoms. The van der Waals surface area contributed by atoms with Crippen LogP contribution in [0.25, 0.3) is 0 Å². The summed E-state index contributed by atoms with van der Waals surface area (Å²) in [7, 11) is 0. The molecule has 3 N–H and O–H groups in total. The van der Waals surface area contributed by atoms with Crippen molar-refractivity contribution in [3.8, 4) is 0 Å². The minimum atomic E-state index is -4.51. The van der Waals surface area contributed by atoms with Crippen LogP contribution in [-0.4, -0.2) is 23.8 Å². The second-order valence-electron chi connectivity index (χ2n) is 4.18. The van der Waals surface area contributed by atoms with Gasteiger partial charge in [0.15, 0.2) is 0 Å². The number of hydrogen-bond donors (Lipinski definition) is 2. The molecule has 0 aromatic carbocycles. The van der Waals surface area contributed by atoms with Gasteiger partial charge in [0, 0.05) is 6.54 Å². The van der Waals surface area contributed by atoms with E-state index < -0.39 is 30.5 Å². The van der Waals surface area contributed by atoms with Gasteiger partial charge in [-0.15, -0.1) is 0 Å². The first-order valence-electron chi connectivity index (χ1n) is 4.63. The molecule has 1 unspecified atom stereocenters. The highest BCUT2D eigenvalue weighted by Crippen LogP contribution is 2.38. The monoisotopic (exact) mass is 227 g/mol. The highest BCUT2D eigenvalue weighted by molar-refractivity contribution is 5.75. The molecule has 0 rings (SSSR count). The highest BCUT2D eigenvalue weighted by atomic mass is 19.4. The summed E-state index contributed by atoms with van der Waals surface area (Å²) in [6.07, 6.45) is -5.95. The van der Waals surface area contributed by atoms with E-state index in [-0.39, 0.29) is 12.3 Å².